The summed E-state index contributed by atoms with van der Waals surface area (Å²) in [6.07, 6.45) is 1.07. The van der Waals surface area contributed by atoms with Gasteiger partial charge in [0.05, 0.1) is 11.4 Å². The van der Waals surface area contributed by atoms with Gasteiger partial charge in [-0.3, -0.25) is 4.68 Å². The van der Waals surface area contributed by atoms with Gasteiger partial charge in [-0.15, -0.1) is 0 Å². The van der Waals surface area contributed by atoms with Crippen molar-refractivity contribution in [1.29, 1.82) is 0 Å². The Morgan fingerprint density at radius 1 is 1.30 bits per heavy atom. The van der Waals surface area contributed by atoms with Crippen LogP contribution in [-0.4, -0.2) is 16.8 Å². The van der Waals surface area contributed by atoms with Gasteiger partial charge >= 0.3 is 0 Å². The van der Waals surface area contributed by atoms with E-state index in [4.69, 9.17) is 4.74 Å². The Bertz CT molecular complexity index is 541. The molecule has 2 aromatic rings. The highest BCUT2D eigenvalue weighted by Crippen LogP contribution is 2.20. The number of hydrogen-bond acceptors (Lipinski definition) is 3. The number of rotatable bonds is 6. The van der Waals surface area contributed by atoms with Crippen molar-refractivity contribution in [3.05, 3.63) is 47.3 Å². The zero-order valence-electron chi connectivity index (χ0n) is 12.7. The molecule has 0 saturated carbocycles. The number of nitrogens with zero attached hydrogens (tertiary/aromatic N) is 2. The van der Waals surface area contributed by atoms with Crippen molar-refractivity contribution in [1.82, 2.24) is 15.1 Å². The van der Waals surface area contributed by atoms with Crippen LogP contribution in [0.25, 0.3) is 0 Å². The van der Waals surface area contributed by atoms with Crippen molar-refractivity contribution >= 4 is 0 Å². The summed E-state index contributed by atoms with van der Waals surface area (Å²) >= 11 is 0. The number of aromatic nitrogens is 2. The average Bonchev–Trinajstić information content (AvgIpc) is 2.77. The van der Waals surface area contributed by atoms with Crippen molar-refractivity contribution in [3.63, 3.8) is 0 Å². The van der Waals surface area contributed by atoms with Crippen LogP contribution in [0.5, 0.6) is 5.75 Å². The molecule has 0 radical (unpaired) electrons. The molecule has 1 N–H and O–H groups in total. The molecule has 0 aliphatic heterocycles. The Morgan fingerprint density at radius 3 is 2.50 bits per heavy atom. The molecule has 2 rings (SSSR count). The molecule has 0 amide bonds. The third kappa shape index (κ3) is 3.39. The summed E-state index contributed by atoms with van der Waals surface area (Å²) in [5.74, 6) is 0.888. The smallest absolute Gasteiger partial charge is 0.130 e. The molecule has 4 heteroatoms. The first-order valence-corrected chi connectivity index (χ1v) is 7.03. The number of hydrogen-bond donors (Lipinski definition) is 1. The molecule has 1 aromatic heterocycles. The Morgan fingerprint density at radius 2 is 2.00 bits per heavy atom. The van der Waals surface area contributed by atoms with E-state index >= 15 is 0 Å². The third-order valence-corrected chi connectivity index (χ3v) is 3.52. The Balaban J connectivity index is 1.99. The molecule has 1 atom stereocenters. The normalized spacial score (nSPS) is 12.4. The molecule has 1 heterocycles. The molecule has 0 aliphatic carbocycles. The van der Waals surface area contributed by atoms with Crippen molar-refractivity contribution < 1.29 is 4.74 Å². The van der Waals surface area contributed by atoms with Gasteiger partial charge in [0.1, 0.15) is 12.4 Å². The van der Waals surface area contributed by atoms with Crippen molar-refractivity contribution in [2.24, 2.45) is 7.05 Å². The summed E-state index contributed by atoms with van der Waals surface area (Å²) in [6.45, 7) is 4.71. The molecule has 0 saturated heterocycles. The maximum Gasteiger partial charge on any atom is 0.130 e. The van der Waals surface area contributed by atoms with Crippen LogP contribution in [0.1, 0.15) is 36.3 Å². The number of aryl methyl sites for hydroxylation is 2. The summed E-state index contributed by atoms with van der Waals surface area (Å²) in [4.78, 5) is 0. The van der Waals surface area contributed by atoms with Crippen LogP contribution in [0.4, 0.5) is 0 Å². The van der Waals surface area contributed by atoms with Crippen LogP contribution in [-0.2, 0) is 13.7 Å². The van der Waals surface area contributed by atoms with Crippen molar-refractivity contribution in [3.8, 4) is 5.75 Å². The molecule has 1 unspecified atom stereocenters. The van der Waals surface area contributed by atoms with Crippen molar-refractivity contribution in [2.45, 2.75) is 32.9 Å². The predicted octanol–water partition coefficient (Wildman–Crippen LogP) is 2.98. The molecule has 108 valence electrons. The standard InChI is InChI=1S/C16H23N3O/c1-5-16(17-3)13-6-8-15(9-7-13)20-11-14-10-12(2)18-19(14)4/h6-10,16-17H,5,11H2,1-4H3. The lowest BCUT2D eigenvalue weighted by Gasteiger charge is -2.14. The molecule has 4 nitrogen and oxygen atoms in total. The predicted molar refractivity (Wildman–Crippen MR) is 80.8 cm³/mol. The zero-order chi connectivity index (χ0) is 14.5. The van der Waals surface area contributed by atoms with E-state index in [1.807, 2.05) is 43.9 Å². The molecular weight excluding hydrogens is 250 g/mol. The Kier molecular flexibility index (Phi) is 4.79. The van der Waals surface area contributed by atoms with Gasteiger partial charge in [-0.1, -0.05) is 19.1 Å². The quantitative estimate of drug-likeness (QED) is 0.879. The van der Waals surface area contributed by atoms with Crippen LogP contribution in [0.3, 0.4) is 0 Å². The highest BCUT2D eigenvalue weighted by atomic mass is 16.5. The fraction of sp³-hybridized carbons (Fsp3) is 0.438. The number of ether oxygens (including phenoxy) is 1. The minimum atomic E-state index is 0.406. The molecule has 0 spiro atoms. The average molecular weight is 273 g/mol. The minimum Gasteiger partial charge on any atom is -0.487 e. The first kappa shape index (κ1) is 14.6. The molecule has 0 fully saturated rings. The van der Waals surface area contributed by atoms with E-state index in [1.165, 1.54) is 5.56 Å². The summed E-state index contributed by atoms with van der Waals surface area (Å²) in [5.41, 5.74) is 3.38. The van der Waals surface area contributed by atoms with Crippen LogP contribution in [0, 0.1) is 6.92 Å². The second-order valence-corrected chi connectivity index (χ2v) is 5.01. The first-order valence-electron chi connectivity index (χ1n) is 7.03. The highest BCUT2D eigenvalue weighted by Gasteiger charge is 2.07. The molecule has 20 heavy (non-hydrogen) atoms. The summed E-state index contributed by atoms with van der Waals surface area (Å²) in [7, 11) is 3.93. The van der Waals surface area contributed by atoms with Gasteiger partial charge in [-0.2, -0.15) is 5.10 Å². The monoisotopic (exact) mass is 273 g/mol. The third-order valence-electron chi connectivity index (χ3n) is 3.52. The molecule has 0 aliphatic rings. The fourth-order valence-corrected chi connectivity index (χ4v) is 2.36. The van der Waals surface area contributed by atoms with E-state index < -0.39 is 0 Å². The van der Waals surface area contributed by atoms with E-state index in [1.54, 1.807) is 0 Å². The lowest BCUT2D eigenvalue weighted by atomic mass is 10.1. The maximum absolute atomic E-state index is 5.81. The Labute approximate surface area is 120 Å². The van der Waals surface area contributed by atoms with Gasteiger partial charge in [0.25, 0.3) is 0 Å². The van der Waals surface area contributed by atoms with Crippen molar-refractivity contribution in [2.75, 3.05) is 7.05 Å². The number of benzene rings is 1. The van der Waals surface area contributed by atoms with Crippen LogP contribution in [0.2, 0.25) is 0 Å². The van der Waals surface area contributed by atoms with Gasteiger partial charge in [-0.25, -0.2) is 0 Å². The fourth-order valence-electron chi connectivity index (χ4n) is 2.36. The minimum absolute atomic E-state index is 0.406. The van der Waals surface area contributed by atoms with E-state index in [2.05, 4.69) is 29.5 Å². The van der Waals surface area contributed by atoms with Gasteiger partial charge in [0.2, 0.25) is 0 Å². The SMILES string of the molecule is CCC(NC)c1ccc(OCc2cc(C)nn2C)cc1. The summed E-state index contributed by atoms with van der Waals surface area (Å²) in [6, 6.07) is 10.7. The van der Waals surface area contributed by atoms with Gasteiger partial charge in [0.15, 0.2) is 0 Å². The van der Waals surface area contributed by atoms with Gasteiger partial charge in [0, 0.05) is 13.1 Å². The zero-order valence-corrected chi connectivity index (χ0v) is 12.7. The lowest BCUT2D eigenvalue weighted by molar-refractivity contribution is 0.294. The van der Waals surface area contributed by atoms with E-state index in [-0.39, 0.29) is 0 Å². The highest BCUT2D eigenvalue weighted by molar-refractivity contribution is 5.29. The first-order chi connectivity index (χ1) is 9.63. The van der Waals surface area contributed by atoms with Gasteiger partial charge in [-0.05, 0) is 44.2 Å². The van der Waals surface area contributed by atoms with Crippen LogP contribution < -0.4 is 10.1 Å². The summed E-state index contributed by atoms with van der Waals surface area (Å²) < 4.78 is 7.67. The Hall–Kier alpha value is -1.81. The topological polar surface area (TPSA) is 39.1 Å². The van der Waals surface area contributed by atoms with E-state index in [0.717, 1.165) is 23.6 Å². The molecule has 0 bridgehead atoms. The second kappa shape index (κ2) is 6.57. The van der Waals surface area contributed by atoms with Crippen LogP contribution in [0.15, 0.2) is 30.3 Å². The van der Waals surface area contributed by atoms with Gasteiger partial charge < -0.3 is 10.1 Å². The van der Waals surface area contributed by atoms with Crippen LogP contribution >= 0.6 is 0 Å². The lowest BCUT2D eigenvalue weighted by Crippen LogP contribution is -2.14. The second-order valence-electron chi connectivity index (χ2n) is 5.01. The maximum atomic E-state index is 5.81. The molecule has 1 aromatic carbocycles. The largest absolute Gasteiger partial charge is 0.487 e. The van der Waals surface area contributed by atoms with E-state index in [9.17, 15) is 0 Å². The number of nitrogens with one attached hydrogen (secondary N) is 1. The summed E-state index contributed by atoms with van der Waals surface area (Å²) in [5, 5.41) is 7.61. The van der Waals surface area contributed by atoms with E-state index in [0.29, 0.717) is 12.6 Å². The molecular formula is C16H23N3O.